The second kappa shape index (κ2) is 2.09. The quantitative estimate of drug-likeness (QED) is 0.569. The first-order chi connectivity index (χ1) is 5.03. The molecule has 62 valence electrons. The van der Waals surface area contributed by atoms with Crippen molar-refractivity contribution in [2.45, 2.75) is 31.5 Å². The number of fused-ring (bicyclic) bond motifs is 2. The van der Waals surface area contributed by atoms with Crippen LogP contribution in [0.25, 0.3) is 0 Å². The van der Waals surface area contributed by atoms with Crippen LogP contribution < -0.4 is 0 Å². The van der Waals surface area contributed by atoms with E-state index in [-0.39, 0.29) is 4.83 Å². The third kappa shape index (κ3) is 0.851. The Morgan fingerprint density at radius 1 is 1.45 bits per heavy atom. The first-order valence-corrected chi connectivity index (χ1v) is 5.13. The molecule has 3 atom stereocenters. The Morgan fingerprint density at radius 2 is 2.09 bits per heavy atom. The van der Waals surface area contributed by atoms with E-state index in [1.165, 1.54) is 0 Å². The molecule has 3 saturated carbocycles. The number of carbonyl (C=O) groups excluding carboxylic acids is 1. The van der Waals surface area contributed by atoms with Crippen LogP contribution in [0.2, 0.25) is 0 Å². The average Bonchev–Trinajstić information content (AvgIpc) is 1.93. The summed E-state index contributed by atoms with van der Waals surface area (Å²) in [6.07, 6.45) is 2.20. The van der Waals surface area contributed by atoms with Crippen LogP contribution in [0.3, 0.4) is 0 Å². The Hall–Kier alpha value is 0.150. The third-order valence-electron chi connectivity index (χ3n) is 3.61. The lowest BCUT2D eigenvalue weighted by Gasteiger charge is -2.56. The highest BCUT2D eigenvalue weighted by atomic mass is 79.9. The van der Waals surface area contributed by atoms with Crippen LogP contribution in [0.1, 0.15) is 26.7 Å². The minimum atomic E-state index is 0.166. The van der Waals surface area contributed by atoms with Gasteiger partial charge in [-0.15, -0.1) is 0 Å². The zero-order chi connectivity index (χ0) is 8.22. The summed E-state index contributed by atoms with van der Waals surface area (Å²) in [5.41, 5.74) is 0.307. The fourth-order valence-electron chi connectivity index (χ4n) is 2.48. The lowest BCUT2D eigenvalue weighted by atomic mass is 9.48. The van der Waals surface area contributed by atoms with E-state index in [0.29, 0.717) is 17.1 Å². The van der Waals surface area contributed by atoms with E-state index in [9.17, 15) is 4.79 Å². The zero-order valence-corrected chi connectivity index (χ0v) is 8.52. The van der Waals surface area contributed by atoms with Crippen LogP contribution >= 0.6 is 15.9 Å². The predicted molar refractivity (Wildman–Crippen MR) is 47.7 cm³/mol. The Kier molecular flexibility index (Phi) is 1.48. The van der Waals surface area contributed by atoms with Crippen LogP contribution in [0.5, 0.6) is 0 Å². The number of alkyl halides is 1. The molecule has 0 N–H and O–H groups in total. The van der Waals surface area contributed by atoms with Gasteiger partial charge in [-0.1, -0.05) is 29.8 Å². The lowest BCUT2D eigenvalue weighted by Crippen LogP contribution is -2.56. The van der Waals surface area contributed by atoms with Gasteiger partial charge in [-0.05, 0) is 24.2 Å². The SMILES string of the molecule is CC1(C)[C@@H]2C[C@@H]1C(=O)[C@@H](Br)C2. The highest BCUT2D eigenvalue weighted by molar-refractivity contribution is 9.10. The summed E-state index contributed by atoms with van der Waals surface area (Å²) in [6.45, 7) is 4.45. The maximum Gasteiger partial charge on any atom is 0.150 e. The van der Waals surface area contributed by atoms with E-state index in [4.69, 9.17) is 0 Å². The molecule has 1 nitrogen and oxygen atoms in total. The molecule has 0 spiro atoms. The lowest BCUT2D eigenvalue weighted by molar-refractivity contribution is -0.146. The molecule has 11 heavy (non-hydrogen) atoms. The minimum Gasteiger partial charge on any atom is -0.298 e. The van der Waals surface area contributed by atoms with Gasteiger partial charge in [0.2, 0.25) is 0 Å². The molecule has 0 radical (unpaired) electrons. The number of hydrogen-bond acceptors (Lipinski definition) is 1. The summed E-state index contributed by atoms with van der Waals surface area (Å²) < 4.78 is 0. The van der Waals surface area contributed by atoms with E-state index in [1.54, 1.807) is 0 Å². The smallest absolute Gasteiger partial charge is 0.150 e. The number of hydrogen-bond donors (Lipinski definition) is 0. The van der Waals surface area contributed by atoms with Gasteiger partial charge in [-0.2, -0.15) is 0 Å². The topological polar surface area (TPSA) is 17.1 Å². The van der Waals surface area contributed by atoms with Gasteiger partial charge in [-0.3, -0.25) is 4.79 Å². The van der Waals surface area contributed by atoms with Crippen molar-refractivity contribution in [2.75, 3.05) is 0 Å². The molecule has 0 aromatic heterocycles. The van der Waals surface area contributed by atoms with E-state index in [2.05, 4.69) is 29.8 Å². The van der Waals surface area contributed by atoms with Gasteiger partial charge in [0.15, 0.2) is 0 Å². The summed E-state index contributed by atoms with van der Waals surface area (Å²) >= 11 is 3.43. The van der Waals surface area contributed by atoms with Gasteiger partial charge in [0.05, 0.1) is 4.83 Å². The van der Waals surface area contributed by atoms with Crippen molar-refractivity contribution >= 4 is 21.7 Å². The highest BCUT2D eigenvalue weighted by Gasteiger charge is 2.56. The van der Waals surface area contributed by atoms with E-state index in [1.807, 2.05) is 0 Å². The maximum absolute atomic E-state index is 11.5. The van der Waals surface area contributed by atoms with Crippen LogP contribution in [-0.2, 0) is 4.79 Å². The summed E-state index contributed by atoms with van der Waals surface area (Å²) in [4.78, 5) is 11.7. The third-order valence-corrected chi connectivity index (χ3v) is 4.44. The summed E-state index contributed by atoms with van der Waals surface area (Å²) in [7, 11) is 0. The van der Waals surface area contributed by atoms with Crippen LogP contribution in [0.4, 0.5) is 0 Å². The molecule has 2 heteroatoms. The number of ketones is 1. The van der Waals surface area contributed by atoms with Crippen LogP contribution in [-0.4, -0.2) is 10.6 Å². The summed E-state index contributed by atoms with van der Waals surface area (Å²) in [5.74, 6) is 1.58. The van der Waals surface area contributed by atoms with Gasteiger partial charge in [0.1, 0.15) is 5.78 Å². The maximum atomic E-state index is 11.5. The van der Waals surface area contributed by atoms with Gasteiger partial charge >= 0.3 is 0 Å². The molecular formula is C9H13BrO. The number of carbonyl (C=O) groups is 1. The molecule has 0 unspecified atom stereocenters. The van der Waals surface area contributed by atoms with Crippen molar-refractivity contribution < 1.29 is 4.79 Å². The van der Waals surface area contributed by atoms with Crippen molar-refractivity contribution in [3.63, 3.8) is 0 Å². The van der Waals surface area contributed by atoms with E-state index >= 15 is 0 Å². The van der Waals surface area contributed by atoms with Gasteiger partial charge in [0.25, 0.3) is 0 Å². The van der Waals surface area contributed by atoms with Crippen molar-refractivity contribution in [1.29, 1.82) is 0 Å². The molecule has 2 bridgehead atoms. The standard InChI is InChI=1S/C9H13BrO/c1-9(2)5-3-6(9)8(11)7(10)4-5/h5-7H,3-4H2,1-2H3/t5-,6-,7+/m1/s1. The molecule has 3 fully saturated rings. The minimum absolute atomic E-state index is 0.166. The molecule has 0 aromatic rings. The van der Waals surface area contributed by atoms with Crippen LogP contribution in [0.15, 0.2) is 0 Å². The number of Topliss-reactive ketones (excluding diaryl/α,β-unsaturated/α-hetero) is 1. The fraction of sp³-hybridized carbons (Fsp3) is 0.889. The normalized spacial score (nSPS) is 46.8. The molecule has 0 heterocycles. The molecule has 3 aliphatic rings. The second-order valence-corrected chi connectivity index (χ2v) is 5.52. The average molecular weight is 217 g/mol. The fourth-order valence-corrected chi connectivity index (χ4v) is 3.25. The van der Waals surface area contributed by atoms with Crippen molar-refractivity contribution in [1.82, 2.24) is 0 Å². The predicted octanol–water partition coefficient (Wildman–Crippen LogP) is 2.39. The zero-order valence-electron chi connectivity index (χ0n) is 6.93. The van der Waals surface area contributed by atoms with Gasteiger partial charge < -0.3 is 0 Å². The molecule has 0 saturated heterocycles. The first-order valence-electron chi connectivity index (χ1n) is 4.21. The highest BCUT2D eigenvalue weighted by Crippen LogP contribution is 2.58. The first kappa shape index (κ1) is 7.78. The molecular weight excluding hydrogens is 204 g/mol. The van der Waals surface area contributed by atoms with Crippen molar-refractivity contribution in [3.8, 4) is 0 Å². The molecule has 0 aliphatic heterocycles. The number of rotatable bonds is 0. The summed E-state index contributed by atoms with van der Waals surface area (Å²) in [6, 6.07) is 0. The number of halogens is 1. The largest absolute Gasteiger partial charge is 0.298 e. The molecule has 3 rings (SSSR count). The van der Waals surface area contributed by atoms with E-state index < -0.39 is 0 Å². The van der Waals surface area contributed by atoms with Crippen molar-refractivity contribution in [3.05, 3.63) is 0 Å². The molecule has 3 aliphatic carbocycles. The molecule has 0 amide bonds. The Morgan fingerprint density at radius 3 is 2.45 bits per heavy atom. The monoisotopic (exact) mass is 216 g/mol. The Bertz CT molecular complexity index is 210. The Balaban J connectivity index is 2.23. The van der Waals surface area contributed by atoms with Gasteiger partial charge in [0, 0.05) is 5.92 Å². The van der Waals surface area contributed by atoms with Gasteiger partial charge in [-0.25, -0.2) is 0 Å². The Labute approximate surface area is 75.7 Å². The molecule has 0 aromatic carbocycles. The summed E-state index contributed by atoms with van der Waals surface area (Å²) in [5, 5.41) is 0. The van der Waals surface area contributed by atoms with Crippen LogP contribution in [0, 0.1) is 17.3 Å². The van der Waals surface area contributed by atoms with E-state index in [0.717, 1.165) is 18.8 Å². The van der Waals surface area contributed by atoms with Crippen molar-refractivity contribution in [2.24, 2.45) is 17.3 Å². The second-order valence-electron chi connectivity index (χ2n) is 4.41.